The third-order valence-electron chi connectivity index (χ3n) is 4.06. The fraction of sp³-hybridized carbons (Fsp3) is 0.562. The average molecular weight is 277 g/mol. The first kappa shape index (κ1) is 15.0. The molecule has 4 nitrogen and oxygen atoms in total. The van der Waals surface area contributed by atoms with Crippen LogP contribution in [-0.2, 0) is 4.79 Å². The van der Waals surface area contributed by atoms with Crippen LogP contribution >= 0.6 is 0 Å². The van der Waals surface area contributed by atoms with E-state index in [2.05, 4.69) is 5.32 Å². The predicted molar refractivity (Wildman–Crippen MR) is 77.2 cm³/mol. The monoisotopic (exact) mass is 277 g/mol. The van der Waals surface area contributed by atoms with Crippen molar-refractivity contribution >= 4 is 5.91 Å². The van der Waals surface area contributed by atoms with Gasteiger partial charge in [-0.3, -0.25) is 4.79 Å². The molecule has 1 aromatic carbocycles. The molecule has 0 bridgehead atoms. The lowest BCUT2D eigenvalue weighted by molar-refractivity contribution is -0.126. The second-order valence-corrected chi connectivity index (χ2v) is 5.78. The number of rotatable bonds is 5. The Hall–Kier alpha value is -1.39. The van der Waals surface area contributed by atoms with Crippen LogP contribution in [-0.4, -0.2) is 28.3 Å². The quantitative estimate of drug-likeness (QED) is 0.769. The van der Waals surface area contributed by atoms with Gasteiger partial charge in [0.2, 0.25) is 5.91 Å². The summed E-state index contributed by atoms with van der Waals surface area (Å²) in [4.78, 5) is 11.8. The van der Waals surface area contributed by atoms with Gasteiger partial charge in [-0.15, -0.1) is 0 Å². The van der Waals surface area contributed by atoms with Gasteiger partial charge in [0.25, 0.3) is 0 Å². The largest absolute Gasteiger partial charge is 0.389 e. The van der Waals surface area contributed by atoms with Crippen molar-refractivity contribution in [1.82, 2.24) is 5.32 Å². The molecule has 1 aliphatic carbocycles. The number of carbonyl (C=O) groups excluding carboxylic acids is 1. The molecule has 0 aromatic heterocycles. The highest BCUT2D eigenvalue weighted by Crippen LogP contribution is 2.32. The number of aliphatic hydroxyl groups is 2. The van der Waals surface area contributed by atoms with Crippen molar-refractivity contribution in [3.05, 3.63) is 35.4 Å². The smallest absolute Gasteiger partial charge is 0.222 e. The lowest BCUT2D eigenvalue weighted by Crippen LogP contribution is -2.36. The molecule has 4 heteroatoms. The Balaban J connectivity index is 1.83. The minimum atomic E-state index is -0.836. The summed E-state index contributed by atoms with van der Waals surface area (Å²) in [5.74, 6) is -0.193. The third-order valence-corrected chi connectivity index (χ3v) is 4.06. The minimum absolute atomic E-state index is 0.132. The van der Waals surface area contributed by atoms with Crippen LogP contribution in [0.25, 0.3) is 0 Å². The first-order valence-electron chi connectivity index (χ1n) is 7.23. The Labute approximate surface area is 119 Å². The number of aliphatic hydroxyl groups excluding tert-OH is 1. The fourth-order valence-electron chi connectivity index (χ4n) is 2.85. The zero-order chi connectivity index (χ0) is 14.6. The lowest BCUT2D eigenvalue weighted by Gasteiger charge is -2.22. The molecule has 1 saturated carbocycles. The molecule has 1 atom stereocenters. The maximum Gasteiger partial charge on any atom is 0.222 e. The highest BCUT2D eigenvalue weighted by atomic mass is 16.3. The maximum atomic E-state index is 11.8. The van der Waals surface area contributed by atoms with E-state index in [-0.39, 0.29) is 18.9 Å². The van der Waals surface area contributed by atoms with E-state index in [4.69, 9.17) is 0 Å². The highest BCUT2D eigenvalue weighted by molar-refractivity contribution is 5.77. The van der Waals surface area contributed by atoms with Gasteiger partial charge in [-0.1, -0.05) is 37.1 Å². The van der Waals surface area contributed by atoms with E-state index in [0.717, 1.165) is 24.0 Å². The van der Waals surface area contributed by atoms with E-state index in [0.29, 0.717) is 12.8 Å². The van der Waals surface area contributed by atoms with E-state index in [1.165, 1.54) is 0 Å². The van der Waals surface area contributed by atoms with Gasteiger partial charge in [0.1, 0.15) is 0 Å². The number of hydrogen-bond donors (Lipinski definition) is 3. The first-order chi connectivity index (χ1) is 9.50. The molecule has 0 saturated heterocycles. The van der Waals surface area contributed by atoms with Crippen LogP contribution in [0.4, 0.5) is 0 Å². The summed E-state index contributed by atoms with van der Waals surface area (Å²) in [7, 11) is 0. The van der Waals surface area contributed by atoms with Crippen LogP contribution in [0.5, 0.6) is 0 Å². The van der Waals surface area contributed by atoms with Crippen molar-refractivity contribution < 1.29 is 15.0 Å². The second-order valence-electron chi connectivity index (χ2n) is 5.78. The fourth-order valence-corrected chi connectivity index (χ4v) is 2.85. The highest BCUT2D eigenvalue weighted by Gasteiger charge is 2.33. The molecular formula is C16H23NO3. The first-order valence-corrected chi connectivity index (χ1v) is 7.23. The van der Waals surface area contributed by atoms with E-state index in [9.17, 15) is 15.0 Å². The molecule has 1 aromatic rings. The zero-order valence-electron chi connectivity index (χ0n) is 11.9. The van der Waals surface area contributed by atoms with Gasteiger partial charge in [0, 0.05) is 6.54 Å². The second kappa shape index (κ2) is 6.37. The SMILES string of the molecule is Cc1ccccc1[C@H](O)CNC(=O)CC1(O)CCCC1. The van der Waals surface area contributed by atoms with Crippen molar-refractivity contribution in [2.45, 2.75) is 50.7 Å². The molecule has 110 valence electrons. The molecule has 0 aliphatic heterocycles. The van der Waals surface area contributed by atoms with Crippen LogP contribution in [0, 0.1) is 6.92 Å². The average Bonchev–Trinajstić information content (AvgIpc) is 2.83. The topological polar surface area (TPSA) is 69.6 Å². The summed E-state index contributed by atoms with van der Waals surface area (Å²) in [6.07, 6.45) is 2.78. The summed E-state index contributed by atoms with van der Waals surface area (Å²) in [5.41, 5.74) is 0.994. The molecule has 0 heterocycles. The van der Waals surface area contributed by atoms with E-state index in [1.54, 1.807) is 0 Å². The Morgan fingerprint density at radius 1 is 1.35 bits per heavy atom. The predicted octanol–water partition coefficient (Wildman–Crippen LogP) is 1.84. The molecule has 2 rings (SSSR count). The lowest BCUT2D eigenvalue weighted by atomic mass is 9.97. The van der Waals surface area contributed by atoms with Crippen molar-refractivity contribution in [3.8, 4) is 0 Å². The normalized spacial score (nSPS) is 18.8. The van der Waals surface area contributed by atoms with Crippen LogP contribution in [0.2, 0.25) is 0 Å². The van der Waals surface area contributed by atoms with Crippen LogP contribution in [0.15, 0.2) is 24.3 Å². The van der Waals surface area contributed by atoms with E-state index in [1.807, 2.05) is 31.2 Å². The minimum Gasteiger partial charge on any atom is -0.389 e. The molecule has 0 radical (unpaired) electrons. The van der Waals surface area contributed by atoms with Crippen molar-refractivity contribution in [3.63, 3.8) is 0 Å². The van der Waals surface area contributed by atoms with Crippen LogP contribution in [0.1, 0.15) is 49.3 Å². The van der Waals surface area contributed by atoms with E-state index >= 15 is 0 Å². The van der Waals surface area contributed by atoms with Crippen molar-refractivity contribution in [2.24, 2.45) is 0 Å². The molecule has 0 unspecified atom stereocenters. The zero-order valence-corrected chi connectivity index (χ0v) is 11.9. The molecule has 20 heavy (non-hydrogen) atoms. The number of carbonyl (C=O) groups is 1. The number of amides is 1. The number of nitrogens with one attached hydrogen (secondary N) is 1. The Morgan fingerprint density at radius 3 is 2.65 bits per heavy atom. The maximum absolute atomic E-state index is 11.8. The van der Waals surface area contributed by atoms with Crippen molar-refractivity contribution in [1.29, 1.82) is 0 Å². The van der Waals surface area contributed by atoms with Gasteiger partial charge in [-0.25, -0.2) is 0 Å². The van der Waals surface area contributed by atoms with Crippen LogP contribution < -0.4 is 5.32 Å². The summed E-state index contributed by atoms with van der Waals surface area (Å²) >= 11 is 0. The van der Waals surface area contributed by atoms with Crippen LogP contribution in [0.3, 0.4) is 0 Å². The molecule has 3 N–H and O–H groups in total. The molecule has 1 fully saturated rings. The summed E-state index contributed by atoms with van der Waals surface area (Å²) in [5, 5.41) is 23.0. The Bertz CT molecular complexity index is 467. The molecule has 0 spiro atoms. The van der Waals surface area contributed by atoms with Gasteiger partial charge in [0.05, 0.1) is 18.1 Å². The molecular weight excluding hydrogens is 254 g/mol. The van der Waals surface area contributed by atoms with Gasteiger partial charge in [-0.05, 0) is 30.9 Å². The summed E-state index contributed by atoms with van der Waals surface area (Å²) in [6, 6.07) is 7.58. The number of hydrogen-bond acceptors (Lipinski definition) is 3. The van der Waals surface area contributed by atoms with Gasteiger partial charge >= 0.3 is 0 Å². The summed E-state index contributed by atoms with van der Waals surface area (Å²) in [6.45, 7) is 2.11. The summed E-state index contributed by atoms with van der Waals surface area (Å²) < 4.78 is 0. The number of aryl methyl sites for hydroxylation is 1. The van der Waals surface area contributed by atoms with Crippen molar-refractivity contribution in [2.75, 3.05) is 6.54 Å². The van der Waals surface area contributed by atoms with Gasteiger partial charge in [-0.2, -0.15) is 0 Å². The third kappa shape index (κ3) is 3.81. The van der Waals surface area contributed by atoms with E-state index < -0.39 is 11.7 Å². The Morgan fingerprint density at radius 2 is 2.00 bits per heavy atom. The van der Waals surface area contributed by atoms with Gasteiger partial charge < -0.3 is 15.5 Å². The number of benzene rings is 1. The Kier molecular flexibility index (Phi) is 4.78. The van der Waals surface area contributed by atoms with Gasteiger partial charge in [0.15, 0.2) is 0 Å². The molecule has 1 amide bonds. The molecule has 1 aliphatic rings. The standard InChI is InChI=1S/C16H23NO3/c1-12-6-2-3-7-13(12)14(18)11-17-15(19)10-16(20)8-4-5-9-16/h2-3,6-7,14,18,20H,4-5,8-11H2,1H3,(H,17,19)/t14-/m1/s1.